The third-order valence-electron chi connectivity index (χ3n) is 7.88. The van der Waals surface area contributed by atoms with Crippen LogP contribution in [0.4, 0.5) is 17.6 Å². The molecule has 5 heteroatoms. The van der Waals surface area contributed by atoms with Gasteiger partial charge in [0.25, 0.3) is 0 Å². The number of fused-ring (bicyclic) bond motifs is 1. The molecule has 2 aliphatic carbocycles. The maximum absolute atomic E-state index is 14.8. The van der Waals surface area contributed by atoms with Gasteiger partial charge < -0.3 is 4.74 Å². The second kappa shape index (κ2) is 10.5. The molecule has 2 aromatic carbocycles. The Hall–Kier alpha value is -2.04. The van der Waals surface area contributed by atoms with E-state index in [4.69, 9.17) is 4.74 Å². The van der Waals surface area contributed by atoms with Gasteiger partial charge in [-0.15, -0.1) is 0 Å². The first-order valence-electron chi connectivity index (χ1n) is 12.5. The van der Waals surface area contributed by atoms with Crippen molar-refractivity contribution in [2.45, 2.75) is 71.6 Å². The van der Waals surface area contributed by atoms with E-state index in [1.807, 2.05) is 0 Å². The standard InChI is InChI=1S/C28H34F4O/c1-3-5-17-6-8-21-15-18(7-9-20(21)14-17)16-33-24-13-12-23(27(31)28(24)32)22-11-10-19(4-2)25(29)26(22)30/h10-13,17-18,20-21H,3-9,14-16H2,1-2H3. The normalized spacial score (nSPS) is 25.0. The maximum atomic E-state index is 14.8. The van der Waals surface area contributed by atoms with Gasteiger partial charge in [0.15, 0.2) is 23.2 Å². The first kappa shape index (κ1) is 24.1. The van der Waals surface area contributed by atoms with Gasteiger partial charge in [0.2, 0.25) is 5.82 Å². The Morgan fingerprint density at radius 2 is 1.33 bits per heavy atom. The van der Waals surface area contributed by atoms with Crippen LogP contribution in [-0.2, 0) is 6.42 Å². The number of halogens is 4. The zero-order valence-electron chi connectivity index (χ0n) is 19.6. The Morgan fingerprint density at radius 3 is 2.00 bits per heavy atom. The van der Waals surface area contributed by atoms with Crippen molar-refractivity contribution in [3.05, 3.63) is 53.1 Å². The molecule has 0 aliphatic heterocycles. The Balaban J connectivity index is 1.40. The van der Waals surface area contributed by atoms with Crippen LogP contribution < -0.4 is 4.74 Å². The van der Waals surface area contributed by atoms with Gasteiger partial charge in [-0.1, -0.05) is 45.2 Å². The maximum Gasteiger partial charge on any atom is 0.201 e. The third-order valence-corrected chi connectivity index (χ3v) is 7.88. The third kappa shape index (κ3) is 5.07. The van der Waals surface area contributed by atoms with E-state index in [-0.39, 0.29) is 22.4 Å². The van der Waals surface area contributed by atoms with Crippen molar-refractivity contribution in [3.8, 4) is 16.9 Å². The summed E-state index contributed by atoms with van der Waals surface area (Å²) in [6.45, 7) is 4.31. The number of aryl methyl sites for hydroxylation is 1. The molecule has 1 nitrogen and oxygen atoms in total. The molecule has 0 aromatic heterocycles. The van der Waals surface area contributed by atoms with Crippen LogP contribution in [0.15, 0.2) is 24.3 Å². The van der Waals surface area contributed by atoms with Gasteiger partial charge in [-0.25, -0.2) is 13.2 Å². The first-order chi connectivity index (χ1) is 15.9. The van der Waals surface area contributed by atoms with Crippen LogP contribution in [0.1, 0.15) is 70.8 Å². The summed E-state index contributed by atoms with van der Waals surface area (Å²) in [5.74, 6) is -1.99. The number of rotatable bonds is 7. The van der Waals surface area contributed by atoms with E-state index < -0.39 is 23.3 Å². The van der Waals surface area contributed by atoms with Crippen LogP contribution >= 0.6 is 0 Å². The van der Waals surface area contributed by atoms with Crippen molar-refractivity contribution >= 4 is 0 Å². The average molecular weight is 463 g/mol. The van der Waals surface area contributed by atoms with Gasteiger partial charge in [-0.2, -0.15) is 4.39 Å². The predicted molar refractivity (Wildman–Crippen MR) is 123 cm³/mol. The highest BCUT2D eigenvalue weighted by Crippen LogP contribution is 2.46. The Labute approximate surface area is 194 Å². The first-order valence-corrected chi connectivity index (χ1v) is 12.5. The topological polar surface area (TPSA) is 9.23 Å². The monoisotopic (exact) mass is 462 g/mol. The summed E-state index contributed by atoms with van der Waals surface area (Å²) in [5, 5.41) is 0. The zero-order chi connectivity index (χ0) is 23.5. The minimum Gasteiger partial charge on any atom is -0.490 e. The predicted octanol–water partition coefficient (Wildman–Crippen LogP) is 8.48. The molecular formula is C28H34F4O. The molecule has 0 bridgehead atoms. The lowest BCUT2D eigenvalue weighted by Crippen LogP contribution is -2.33. The van der Waals surface area contributed by atoms with Crippen LogP contribution in [0, 0.1) is 46.9 Å². The van der Waals surface area contributed by atoms with E-state index in [0.717, 1.165) is 24.7 Å². The molecule has 4 unspecified atom stereocenters. The van der Waals surface area contributed by atoms with Crippen molar-refractivity contribution in [3.63, 3.8) is 0 Å². The van der Waals surface area contributed by atoms with Crippen LogP contribution in [0.2, 0.25) is 0 Å². The second-order valence-electron chi connectivity index (χ2n) is 9.97. The number of benzene rings is 2. The smallest absolute Gasteiger partial charge is 0.201 e. The van der Waals surface area contributed by atoms with Crippen molar-refractivity contribution in [2.75, 3.05) is 6.61 Å². The van der Waals surface area contributed by atoms with Gasteiger partial charge in [0.1, 0.15) is 0 Å². The van der Waals surface area contributed by atoms with Gasteiger partial charge in [0, 0.05) is 11.1 Å². The highest BCUT2D eigenvalue weighted by molar-refractivity contribution is 5.66. The number of ether oxygens (including phenoxy) is 1. The fraction of sp³-hybridized carbons (Fsp3) is 0.571. The molecule has 0 radical (unpaired) electrons. The molecule has 0 amide bonds. The van der Waals surface area contributed by atoms with E-state index in [2.05, 4.69) is 6.92 Å². The summed E-state index contributed by atoms with van der Waals surface area (Å²) >= 11 is 0. The Kier molecular flexibility index (Phi) is 7.65. The van der Waals surface area contributed by atoms with E-state index in [1.165, 1.54) is 62.8 Å². The molecule has 2 fully saturated rings. The van der Waals surface area contributed by atoms with Crippen LogP contribution in [0.3, 0.4) is 0 Å². The molecule has 180 valence electrons. The van der Waals surface area contributed by atoms with E-state index in [9.17, 15) is 17.6 Å². The van der Waals surface area contributed by atoms with Crippen molar-refractivity contribution in [1.82, 2.24) is 0 Å². The summed E-state index contributed by atoms with van der Waals surface area (Å²) in [7, 11) is 0. The molecule has 2 saturated carbocycles. The number of hydrogen-bond donors (Lipinski definition) is 0. The molecule has 33 heavy (non-hydrogen) atoms. The molecule has 0 heterocycles. The lowest BCUT2D eigenvalue weighted by atomic mass is 9.64. The molecule has 4 atom stereocenters. The van der Waals surface area contributed by atoms with E-state index in [1.54, 1.807) is 6.92 Å². The lowest BCUT2D eigenvalue weighted by Gasteiger charge is -2.42. The molecular weight excluding hydrogens is 428 g/mol. The van der Waals surface area contributed by atoms with Crippen LogP contribution in [-0.4, -0.2) is 6.61 Å². The Bertz CT molecular complexity index is 973. The van der Waals surface area contributed by atoms with Crippen LogP contribution in [0.5, 0.6) is 5.75 Å². The average Bonchev–Trinajstić information content (AvgIpc) is 2.82. The molecule has 0 spiro atoms. The van der Waals surface area contributed by atoms with Crippen molar-refractivity contribution < 1.29 is 22.3 Å². The van der Waals surface area contributed by atoms with Crippen molar-refractivity contribution in [1.29, 1.82) is 0 Å². The molecule has 0 N–H and O–H groups in total. The highest BCUT2D eigenvalue weighted by atomic mass is 19.2. The van der Waals surface area contributed by atoms with Gasteiger partial charge >= 0.3 is 0 Å². The summed E-state index contributed by atoms with van der Waals surface area (Å²) in [5.41, 5.74) is -0.390. The summed E-state index contributed by atoms with van der Waals surface area (Å²) in [6.07, 6.45) is 10.1. The highest BCUT2D eigenvalue weighted by Gasteiger charge is 2.35. The second-order valence-corrected chi connectivity index (χ2v) is 9.97. The fourth-order valence-corrected chi connectivity index (χ4v) is 6.03. The zero-order valence-corrected chi connectivity index (χ0v) is 19.6. The van der Waals surface area contributed by atoms with Gasteiger partial charge in [-0.05, 0) is 79.9 Å². The minimum absolute atomic E-state index is 0.170. The molecule has 2 aromatic rings. The Morgan fingerprint density at radius 1 is 0.727 bits per heavy atom. The van der Waals surface area contributed by atoms with Gasteiger partial charge in [0.05, 0.1) is 6.61 Å². The largest absolute Gasteiger partial charge is 0.490 e. The summed E-state index contributed by atoms with van der Waals surface area (Å²) in [4.78, 5) is 0. The minimum atomic E-state index is -1.21. The summed E-state index contributed by atoms with van der Waals surface area (Å²) in [6, 6.07) is 5.29. The number of hydrogen-bond acceptors (Lipinski definition) is 1. The van der Waals surface area contributed by atoms with Crippen molar-refractivity contribution in [2.24, 2.45) is 23.7 Å². The lowest BCUT2D eigenvalue weighted by molar-refractivity contribution is 0.0739. The van der Waals surface area contributed by atoms with Gasteiger partial charge in [-0.3, -0.25) is 0 Å². The fourth-order valence-electron chi connectivity index (χ4n) is 6.03. The molecule has 0 saturated heterocycles. The quantitative estimate of drug-likeness (QED) is 0.375. The molecule has 2 aliphatic rings. The van der Waals surface area contributed by atoms with E-state index in [0.29, 0.717) is 24.9 Å². The molecule has 4 rings (SSSR count). The SMILES string of the molecule is CCCC1CCC2CC(COc3ccc(-c4ccc(CC)c(F)c4F)c(F)c3F)CCC2C1. The van der Waals surface area contributed by atoms with Crippen LogP contribution in [0.25, 0.3) is 11.1 Å². The summed E-state index contributed by atoms with van der Waals surface area (Å²) < 4.78 is 63.8. The van der Waals surface area contributed by atoms with E-state index >= 15 is 0 Å².